The zero-order chi connectivity index (χ0) is 10.8. The van der Waals surface area contributed by atoms with Crippen molar-refractivity contribution in [2.45, 2.75) is 52.2 Å². The molecule has 0 saturated heterocycles. The molecule has 0 aromatic carbocycles. The maximum absolute atomic E-state index is 3.49. The van der Waals surface area contributed by atoms with Gasteiger partial charge in [0, 0.05) is 17.5 Å². The highest BCUT2D eigenvalue weighted by atomic mass is 32.2. The van der Waals surface area contributed by atoms with Gasteiger partial charge < -0.3 is 5.32 Å². The Morgan fingerprint density at radius 1 is 1.07 bits per heavy atom. The highest BCUT2D eigenvalue weighted by Gasteiger charge is 2.05. The second-order valence-electron chi connectivity index (χ2n) is 4.28. The average molecular weight is 217 g/mol. The van der Waals surface area contributed by atoms with E-state index in [9.17, 15) is 0 Å². The van der Waals surface area contributed by atoms with E-state index in [1.54, 1.807) is 0 Å². The second-order valence-corrected chi connectivity index (χ2v) is 5.76. The first kappa shape index (κ1) is 14.3. The molecule has 0 fully saturated rings. The zero-order valence-corrected chi connectivity index (χ0v) is 11.1. The van der Waals surface area contributed by atoms with Crippen LogP contribution in [0.5, 0.6) is 0 Å². The molecule has 0 radical (unpaired) electrons. The predicted molar refractivity (Wildman–Crippen MR) is 69.2 cm³/mol. The molecule has 0 aromatic heterocycles. The van der Waals surface area contributed by atoms with Crippen LogP contribution in [0.1, 0.15) is 47.0 Å². The van der Waals surface area contributed by atoms with Crippen molar-refractivity contribution in [3.05, 3.63) is 0 Å². The summed E-state index contributed by atoms with van der Waals surface area (Å²) < 4.78 is 0. The molecule has 0 bridgehead atoms. The zero-order valence-electron chi connectivity index (χ0n) is 10.3. The Morgan fingerprint density at radius 3 is 2.36 bits per heavy atom. The van der Waals surface area contributed by atoms with E-state index < -0.39 is 0 Å². The minimum atomic E-state index is 0.799. The minimum absolute atomic E-state index is 0.799. The maximum atomic E-state index is 3.49. The van der Waals surface area contributed by atoms with Crippen LogP contribution in [0.25, 0.3) is 0 Å². The summed E-state index contributed by atoms with van der Waals surface area (Å²) in [6, 6.07) is 0. The van der Waals surface area contributed by atoms with Crippen molar-refractivity contribution in [1.82, 2.24) is 5.32 Å². The fraction of sp³-hybridized carbons (Fsp3) is 1.00. The van der Waals surface area contributed by atoms with Crippen LogP contribution in [0, 0.1) is 5.92 Å². The maximum Gasteiger partial charge on any atom is 0.00608 e. The van der Waals surface area contributed by atoms with E-state index in [0.717, 1.165) is 11.2 Å². The lowest BCUT2D eigenvalue weighted by Crippen LogP contribution is -2.20. The van der Waals surface area contributed by atoms with E-state index in [-0.39, 0.29) is 0 Å². The average Bonchev–Trinajstić information content (AvgIpc) is 2.16. The molecule has 14 heavy (non-hydrogen) atoms. The summed E-state index contributed by atoms with van der Waals surface area (Å²) in [6.45, 7) is 11.5. The van der Waals surface area contributed by atoms with Crippen LogP contribution in [0.3, 0.4) is 0 Å². The fourth-order valence-corrected chi connectivity index (χ4v) is 2.15. The molecule has 0 aliphatic rings. The van der Waals surface area contributed by atoms with Gasteiger partial charge in [0.2, 0.25) is 0 Å². The lowest BCUT2D eigenvalue weighted by molar-refractivity contribution is 0.628. The van der Waals surface area contributed by atoms with Gasteiger partial charge in [-0.25, -0.2) is 0 Å². The largest absolute Gasteiger partial charge is 0.316 e. The Hall–Kier alpha value is 0.310. The molecule has 0 aromatic rings. The van der Waals surface area contributed by atoms with Gasteiger partial charge in [0.25, 0.3) is 0 Å². The van der Waals surface area contributed by atoms with E-state index in [1.807, 2.05) is 0 Å². The molecule has 1 atom stereocenters. The number of thioether (sulfide) groups is 1. The van der Waals surface area contributed by atoms with Crippen molar-refractivity contribution >= 4 is 11.8 Å². The van der Waals surface area contributed by atoms with E-state index in [1.165, 1.54) is 38.1 Å². The number of hydrogen-bond donors (Lipinski definition) is 1. The van der Waals surface area contributed by atoms with Crippen LogP contribution in [-0.2, 0) is 0 Å². The summed E-state index contributed by atoms with van der Waals surface area (Å²) in [5, 5.41) is 4.29. The Kier molecular flexibility index (Phi) is 10.1. The molecule has 1 nitrogen and oxygen atoms in total. The third-order valence-electron chi connectivity index (χ3n) is 2.56. The molecule has 0 rings (SSSR count). The van der Waals surface area contributed by atoms with E-state index >= 15 is 0 Å². The van der Waals surface area contributed by atoms with Crippen molar-refractivity contribution in [3.8, 4) is 0 Å². The summed E-state index contributed by atoms with van der Waals surface area (Å²) >= 11 is 2.09. The topological polar surface area (TPSA) is 12.0 Å². The van der Waals surface area contributed by atoms with E-state index in [0.29, 0.717) is 0 Å². The van der Waals surface area contributed by atoms with Crippen molar-refractivity contribution in [2.24, 2.45) is 5.92 Å². The van der Waals surface area contributed by atoms with Crippen LogP contribution >= 0.6 is 11.8 Å². The summed E-state index contributed by atoms with van der Waals surface area (Å²) in [5.41, 5.74) is 0. The Labute approximate surface area is 94.4 Å². The standard InChI is InChI=1S/C12H27NS/c1-5-6-7-8-13-9-10-14-12(4)11(2)3/h11-13H,5-10H2,1-4H3. The normalized spacial score (nSPS) is 13.5. The molecule has 1 unspecified atom stereocenters. The molecular formula is C12H27NS. The molecule has 0 aliphatic carbocycles. The van der Waals surface area contributed by atoms with Crippen LogP contribution in [0.4, 0.5) is 0 Å². The van der Waals surface area contributed by atoms with E-state index in [4.69, 9.17) is 0 Å². The van der Waals surface area contributed by atoms with Gasteiger partial charge in [0.1, 0.15) is 0 Å². The fourth-order valence-electron chi connectivity index (χ4n) is 1.13. The number of hydrogen-bond acceptors (Lipinski definition) is 2. The van der Waals surface area contributed by atoms with Gasteiger partial charge in [0.05, 0.1) is 0 Å². The Bertz CT molecular complexity index is 115. The molecule has 0 spiro atoms. The summed E-state index contributed by atoms with van der Waals surface area (Å²) in [6.07, 6.45) is 4.02. The first-order chi connectivity index (χ1) is 6.68. The molecule has 1 N–H and O–H groups in total. The monoisotopic (exact) mass is 217 g/mol. The lowest BCUT2D eigenvalue weighted by Gasteiger charge is -2.14. The van der Waals surface area contributed by atoms with Crippen molar-refractivity contribution in [1.29, 1.82) is 0 Å². The van der Waals surface area contributed by atoms with Crippen molar-refractivity contribution in [3.63, 3.8) is 0 Å². The van der Waals surface area contributed by atoms with E-state index in [2.05, 4.69) is 44.8 Å². The van der Waals surface area contributed by atoms with Crippen LogP contribution in [0.15, 0.2) is 0 Å². The summed E-state index contributed by atoms with van der Waals surface area (Å²) in [4.78, 5) is 0. The van der Waals surface area contributed by atoms with Gasteiger partial charge >= 0.3 is 0 Å². The smallest absolute Gasteiger partial charge is 0.00608 e. The van der Waals surface area contributed by atoms with Gasteiger partial charge in [-0.2, -0.15) is 11.8 Å². The highest BCUT2D eigenvalue weighted by Crippen LogP contribution is 2.17. The van der Waals surface area contributed by atoms with Gasteiger partial charge in [-0.3, -0.25) is 0 Å². The third kappa shape index (κ3) is 8.89. The van der Waals surface area contributed by atoms with Crippen molar-refractivity contribution in [2.75, 3.05) is 18.8 Å². The van der Waals surface area contributed by atoms with Crippen LogP contribution in [-0.4, -0.2) is 24.1 Å². The summed E-state index contributed by atoms with van der Waals surface area (Å²) in [7, 11) is 0. The quantitative estimate of drug-likeness (QED) is 0.593. The lowest BCUT2D eigenvalue weighted by atomic mass is 10.2. The first-order valence-corrected chi connectivity index (χ1v) is 7.05. The highest BCUT2D eigenvalue weighted by molar-refractivity contribution is 7.99. The van der Waals surface area contributed by atoms with Crippen molar-refractivity contribution < 1.29 is 0 Å². The molecule has 0 aliphatic heterocycles. The van der Waals surface area contributed by atoms with Gasteiger partial charge in [0.15, 0.2) is 0 Å². The number of rotatable bonds is 9. The molecule has 0 saturated carbocycles. The van der Waals surface area contributed by atoms with Crippen LogP contribution < -0.4 is 5.32 Å². The molecule has 0 amide bonds. The van der Waals surface area contributed by atoms with Gasteiger partial charge in [-0.1, -0.05) is 40.5 Å². The minimum Gasteiger partial charge on any atom is -0.316 e. The molecule has 86 valence electrons. The third-order valence-corrected chi connectivity index (χ3v) is 4.07. The Morgan fingerprint density at radius 2 is 1.79 bits per heavy atom. The summed E-state index contributed by atoms with van der Waals surface area (Å²) in [5.74, 6) is 2.06. The first-order valence-electron chi connectivity index (χ1n) is 6.00. The predicted octanol–water partition coefficient (Wildman–Crippen LogP) is 3.54. The number of unbranched alkanes of at least 4 members (excludes halogenated alkanes) is 2. The van der Waals surface area contributed by atoms with Gasteiger partial charge in [-0.15, -0.1) is 0 Å². The second kappa shape index (κ2) is 9.85. The van der Waals surface area contributed by atoms with Crippen LogP contribution in [0.2, 0.25) is 0 Å². The SMILES string of the molecule is CCCCCNCCSC(C)C(C)C. The Balaban J connectivity index is 3.06. The number of nitrogens with one attached hydrogen (secondary N) is 1. The molecule has 0 heterocycles. The molecule has 2 heteroatoms. The van der Waals surface area contributed by atoms with Gasteiger partial charge in [-0.05, 0) is 18.9 Å². The molecular weight excluding hydrogens is 190 g/mol.